The van der Waals surface area contributed by atoms with Gasteiger partial charge in [-0.05, 0) is 73.4 Å². The Bertz CT molecular complexity index is 938. The zero-order chi connectivity index (χ0) is 20.8. The van der Waals surface area contributed by atoms with E-state index in [0.717, 1.165) is 22.8 Å². The molecule has 2 aromatic rings. The van der Waals surface area contributed by atoms with E-state index >= 15 is 0 Å². The van der Waals surface area contributed by atoms with Crippen molar-refractivity contribution in [1.29, 1.82) is 0 Å². The molecule has 0 aliphatic carbocycles. The summed E-state index contributed by atoms with van der Waals surface area (Å²) in [6, 6.07) is 6.90. The van der Waals surface area contributed by atoms with Crippen LogP contribution in [0.2, 0.25) is 5.02 Å². The number of hydrogen-bond donors (Lipinski definition) is 0. The second kappa shape index (κ2) is 9.99. The van der Waals surface area contributed by atoms with E-state index in [-0.39, 0.29) is 17.8 Å². The van der Waals surface area contributed by atoms with Crippen molar-refractivity contribution in [2.24, 2.45) is 0 Å². The first-order chi connectivity index (χ1) is 13.2. The molecule has 0 unspecified atom stereocenters. The van der Waals surface area contributed by atoms with Crippen LogP contribution in [0.25, 0.3) is 0 Å². The Morgan fingerprint density at radius 3 is 2.32 bits per heavy atom. The van der Waals surface area contributed by atoms with Crippen LogP contribution in [0.15, 0.2) is 52.8 Å². The van der Waals surface area contributed by atoms with Gasteiger partial charge in [0, 0.05) is 16.0 Å². The summed E-state index contributed by atoms with van der Waals surface area (Å²) in [6.07, 6.45) is 1.28. The standard InChI is InChI=1S/C22H20ClF3OS/c1-13(12-28-15(3)14(2)27)8-18-9-19(23)7-6-16(18)4-5-17-10-21(25)22(26)11-20(17)24/h6-7,9-12H,3-5,8H2,1-2H3/b13-12+. The first-order valence-electron chi connectivity index (χ1n) is 8.60. The van der Waals surface area contributed by atoms with Crippen LogP contribution in [0.5, 0.6) is 0 Å². The molecular weight excluding hydrogens is 405 g/mol. The number of thioether (sulfide) groups is 1. The molecule has 0 aliphatic rings. The first-order valence-corrected chi connectivity index (χ1v) is 9.86. The zero-order valence-corrected chi connectivity index (χ0v) is 17.2. The summed E-state index contributed by atoms with van der Waals surface area (Å²) in [4.78, 5) is 11.7. The SMILES string of the molecule is C=C(S/C=C(\C)Cc1cc(Cl)ccc1CCc1cc(F)c(F)cc1F)C(C)=O. The summed E-state index contributed by atoms with van der Waals surface area (Å²) in [7, 11) is 0. The molecule has 0 N–H and O–H groups in total. The largest absolute Gasteiger partial charge is 0.294 e. The van der Waals surface area contributed by atoms with E-state index in [1.54, 1.807) is 6.07 Å². The third kappa shape index (κ3) is 6.28. The second-order valence-corrected chi connectivity index (χ2v) is 7.91. The highest BCUT2D eigenvalue weighted by Gasteiger charge is 2.12. The highest BCUT2D eigenvalue weighted by atomic mass is 35.5. The number of carbonyl (C=O) groups excluding carboxylic acids is 1. The van der Waals surface area contributed by atoms with Gasteiger partial charge in [-0.2, -0.15) is 0 Å². The van der Waals surface area contributed by atoms with Gasteiger partial charge >= 0.3 is 0 Å². The van der Waals surface area contributed by atoms with E-state index in [0.29, 0.717) is 28.8 Å². The van der Waals surface area contributed by atoms with Crippen molar-refractivity contribution >= 4 is 29.1 Å². The molecule has 0 fully saturated rings. The molecule has 0 saturated carbocycles. The van der Waals surface area contributed by atoms with Gasteiger partial charge in [-0.3, -0.25) is 4.79 Å². The Morgan fingerprint density at radius 2 is 1.64 bits per heavy atom. The Kier molecular flexibility index (Phi) is 7.96. The predicted molar refractivity (Wildman–Crippen MR) is 110 cm³/mol. The second-order valence-electron chi connectivity index (χ2n) is 6.51. The fraction of sp³-hybridized carbons (Fsp3) is 0.227. The highest BCUT2D eigenvalue weighted by molar-refractivity contribution is 8.06. The summed E-state index contributed by atoms with van der Waals surface area (Å²) < 4.78 is 40.4. The lowest BCUT2D eigenvalue weighted by atomic mass is 9.96. The molecular formula is C22H20ClF3OS. The van der Waals surface area contributed by atoms with Crippen molar-refractivity contribution < 1.29 is 18.0 Å². The average Bonchev–Trinajstić information content (AvgIpc) is 2.62. The van der Waals surface area contributed by atoms with Gasteiger partial charge in [-0.15, -0.1) is 0 Å². The number of benzene rings is 2. The topological polar surface area (TPSA) is 17.1 Å². The molecule has 28 heavy (non-hydrogen) atoms. The van der Waals surface area contributed by atoms with Gasteiger partial charge in [0.15, 0.2) is 17.4 Å². The summed E-state index contributed by atoms with van der Waals surface area (Å²) >= 11 is 7.39. The molecule has 0 aliphatic heterocycles. The van der Waals surface area contributed by atoms with Crippen LogP contribution in [-0.4, -0.2) is 5.78 Å². The van der Waals surface area contributed by atoms with Crippen molar-refractivity contribution in [3.05, 3.63) is 92.0 Å². The first kappa shape index (κ1) is 22.3. The van der Waals surface area contributed by atoms with Gasteiger partial charge in [0.05, 0.1) is 0 Å². The predicted octanol–water partition coefficient (Wildman–Crippen LogP) is 6.82. The number of hydrogen-bond acceptors (Lipinski definition) is 2. The molecule has 0 amide bonds. The number of Topliss-reactive ketones (excluding diaryl/α,β-unsaturated/α-hetero) is 1. The van der Waals surface area contributed by atoms with Crippen molar-refractivity contribution in [3.8, 4) is 0 Å². The molecule has 0 heterocycles. The smallest absolute Gasteiger partial charge is 0.165 e. The van der Waals surface area contributed by atoms with Gasteiger partial charge in [-0.1, -0.05) is 41.6 Å². The lowest BCUT2D eigenvalue weighted by Crippen LogP contribution is -2.01. The summed E-state index contributed by atoms with van der Waals surface area (Å²) in [5, 5.41) is 2.44. The minimum Gasteiger partial charge on any atom is -0.294 e. The monoisotopic (exact) mass is 424 g/mol. The molecule has 2 rings (SSSR count). The molecule has 2 aromatic carbocycles. The maximum Gasteiger partial charge on any atom is 0.165 e. The summed E-state index contributed by atoms with van der Waals surface area (Å²) in [5.74, 6) is -3.09. The minimum absolute atomic E-state index is 0.0777. The quantitative estimate of drug-likeness (QED) is 0.341. The molecule has 0 aromatic heterocycles. The molecule has 0 radical (unpaired) electrons. The third-order valence-corrected chi connectivity index (χ3v) is 5.51. The normalized spacial score (nSPS) is 11.6. The van der Waals surface area contributed by atoms with Crippen molar-refractivity contribution in [2.45, 2.75) is 33.1 Å². The van der Waals surface area contributed by atoms with Crippen molar-refractivity contribution in [1.82, 2.24) is 0 Å². The van der Waals surface area contributed by atoms with Gasteiger partial charge < -0.3 is 0 Å². The van der Waals surface area contributed by atoms with Crippen molar-refractivity contribution in [2.75, 3.05) is 0 Å². The van der Waals surface area contributed by atoms with Crippen LogP contribution in [0, 0.1) is 17.5 Å². The molecule has 1 nitrogen and oxygen atoms in total. The van der Waals surface area contributed by atoms with Crippen LogP contribution >= 0.6 is 23.4 Å². The maximum absolute atomic E-state index is 13.9. The van der Waals surface area contributed by atoms with E-state index in [2.05, 4.69) is 6.58 Å². The summed E-state index contributed by atoms with van der Waals surface area (Å²) in [5.41, 5.74) is 3.03. The zero-order valence-electron chi connectivity index (χ0n) is 15.6. The van der Waals surface area contributed by atoms with E-state index in [9.17, 15) is 18.0 Å². The third-order valence-electron chi connectivity index (χ3n) is 4.19. The number of rotatable bonds is 8. The fourth-order valence-electron chi connectivity index (χ4n) is 2.62. The Balaban J connectivity index is 2.16. The lowest BCUT2D eigenvalue weighted by molar-refractivity contribution is -0.112. The van der Waals surface area contributed by atoms with Crippen LogP contribution in [0.1, 0.15) is 30.5 Å². The number of carbonyl (C=O) groups is 1. The van der Waals surface area contributed by atoms with E-state index in [4.69, 9.17) is 11.6 Å². The van der Waals surface area contributed by atoms with Gasteiger partial charge in [-0.25, -0.2) is 13.2 Å². The molecule has 0 atom stereocenters. The van der Waals surface area contributed by atoms with E-state index < -0.39 is 17.5 Å². The number of halogens is 4. The van der Waals surface area contributed by atoms with Crippen molar-refractivity contribution in [3.63, 3.8) is 0 Å². The molecule has 0 spiro atoms. The Labute approximate surface area is 172 Å². The van der Waals surface area contributed by atoms with Gasteiger partial charge in [0.25, 0.3) is 0 Å². The van der Waals surface area contributed by atoms with Crippen LogP contribution in [0.4, 0.5) is 13.2 Å². The fourth-order valence-corrected chi connectivity index (χ4v) is 3.41. The van der Waals surface area contributed by atoms with Crippen LogP contribution in [0.3, 0.4) is 0 Å². The van der Waals surface area contributed by atoms with Crippen LogP contribution in [-0.2, 0) is 24.1 Å². The molecule has 148 valence electrons. The maximum atomic E-state index is 13.9. The van der Waals surface area contributed by atoms with E-state index in [1.165, 1.54) is 18.7 Å². The number of aryl methyl sites for hydroxylation is 2. The highest BCUT2D eigenvalue weighted by Crippen LogP contribution is 2.24. The average molecular weight is 425 g/mol. The van der Waals surface area contributed by atoms with Gasteiger partial charge in [0.1, 0.15) is 5.82 Å². The molecule has 0 bridgehead atoms. The van der Waals surface area contributed by atoms with Gasteiger partial charge in [0.2, 0.25) is 0 Å². The van der Waals surface area contributed by atoms with E-state index in [1.807, 2.05) is 24.5 Å². The Hall–Kier alpha value is -1.98. The van der Waals surface area contributed by atoms with Crippen LogP contribution < -0.4 is 0 Å². The number of ketones is 1. The lowest BCUT2D eigenvalue weighted by Gasteiger charge is -2.12. The molecule has 0 saturated heterocycles. The summed E-state index contributed by atoms with van der Waals surface area (Å²) in [6.45, 7) is 7.10. The Morgan fingerprint density at radius 1 is 1.00 bits per heavy atom. The number of allylic oxidation sites excluding steroid dienone is 2. The molecule has 6 heteroatoms. The minimum atomic E-state index is -1.20.